The van der Waals surface area contributed by atoms with Crippen molar-refractivity contribution in [3.8, 4) is 5.75 Å². The Balaban J connectivity index is 0.000000531. The molecule has 2 rings (SSSR count). The van der Waals surface area contributed by atoms with Crippen LogP contribution in [0, 0.1) is 13.8 Å². The van der Waals surface area contributed by atoms with Crippen molar-refractivity contribution in [3.63, 3.8) is 0 Å². The highest BCUT2D eigenvalue weighted by atomic mass is 32.1. The Kier molecular flexibility index (Phi) is 4.09. The van der Waals surface area contributed by atoms with Crippen molar-refractivity contribution in [1.82, 2.24) is 4.98 Å². The van der Waals surface area contributed by atoms with Gasteiger partial charge in [-0.2, -0.15) is 0 Å². The number of hydrogen-bond acceptors (Lipinski definition) is 3. The molecule has 2 nitrogen and oxygen atoms in total. The average Bonchev–Trinajstić information content (AvgIpc) is 2.64. The van der Waals surface area contributed by atoms with Crippen LogP contribution in [0.5, 0.6) is 5.75 Å². The molecule has 0 fully saturated rings. The first-order valence-corrected chi connectivity index (χ1v) is 5.95. The Labute approximate surface area is 94.9 Å². The summed E-state index contributed by atoms with van der Waals surface area (Å²) in [6.07, 6.45) is 0. The standard InChI is InChI=1S/C10H11NOS.C2H6/c1-6-4-5-8(12-3)9-10(6)13-7(2)11-9;1-2/h4-5H,1-3H3;1-2H3. The third-order valence-corrected chi connectivity index (χ3v) is 3.14. The summed E-state index contributed by atoms with van der Waals surface area (Å²) in [6, 6.07) is 4.04. The Morgan fingerprint density at radius 2 is 1.87 bits per heavy atom. The van der Waals surface area contributed by atoms with Crippen molar-refractivity contribution < 1.29 is 4.74 Å². The van der Waals surface area contributed by atoms with Crippen molar-refractivity contribution in [1.29, 1.82) is 0 Å². The lowest BCUT2D eigenvalue weighted by molar-refractivity contribution is 0.419. The molecule has 0 spiro atoms. The lowest BCUT2D eigenvalue weighted by Crippen LogP contribution is -1.85. The summed E-state index contributed by atoms with van der Waals surface area (Å²) in [6.45, 7) is 8.11. The second kappa shape index (κ2) is 5.12. The van der Waals surface area contributed by atoms with E-state index in [1.807, 2.05) is 26.8 Å². The minimum atomic E-state index is 0.866. The van der Waals surface area contributed by atoms with Crippen LogP contribution in [0.2, 0.25) is 0 Å². The van der Waals surface area contributed by atoms with Crippen LogP contribution in [0.3, 0.4) is 0 Å². The van der Waals surface area contributed by atoms with Gasteiger partial charge in [-0.3, -0.25) is 0 Å². The van der Waals surface area contributed by atoms with Crippen LogP contribution < -0.4 is 4.74 Å². The predicted octanol–water partition coefficient (Wildman–Crippen LogP) is 3.95. The maximum absolute atomic E-state index is 5.24. The van der Waals surface area contributed by atoms with E-state index in [0.29, 0.717) is 0 Å². The molecule has 0 aliphatic carbocycles. The number of rotatable bonds is 1. The number of nitrogens with zero attached hydrogens (tertiary/aromatic N) is 1. The molecule has 0 radical (unpaired) electrons. The molecule has 0 amide bonds. The highest BCUT2D eigenvalue weighted by Gasteiger charge is 2.08. The summed E-state index contributed by atoms with van der Waals surface area (Å²) >= 11 is 1.72. The van der Waals surface area contributed by atoms with E-state index in [1.54, 1.807) is 18.4 Å². The van der Waals surface area contributed by atoms with Crippen molar-refractivity contribution in [2.75, 3.05) is 7.11 Å². The van der Waals surface area contributed by atoms with Crippen LogP contribution in [0.4, 0.5) is 0 Å². The fourth-order valence-electron chi connectivity index (χ4n) is 1.38. The summed E-state index contributed by atoms with van der Waals surface area (Å²) in [7, 11) is 1.68. The van der Waals surface area contributed by atoms with Gasteiger partial charge < -0.3 is 4.74 Å². The van der Waals surface area contributed by atoms with Crippen LogP contribution in [-0.4, -0.2) is 12.1 Å². The van der Waals surface area contributed by atoms with E-state index in [9.17, 15) is 0 Å². The zero-order valence-electron chi connectivity index (χ0n) is 9.92. The number of aromatic nitrogens is 1. The molecular weight excluding hydrogens is 206 g/mol. The number of benzene rings is 1. The quantitative estimate of drug-likeness (QED) is 0.730. The highest BCUT2D eigenvalue weighted by Crippen LogP contribution is 2.31. The summed E-state index contributed by atoms with van der Waals surface area (Å²) in [5.74, 6) is 0.866. The summed E-state index contributed by atoms with van der Waals surface area (Å²) in [5, 5.41) is 1.09. The molecule has 0 saturated carbocycles. The Hall–Kier alpha value is -1.09. The van der Waals surface area contributed by atoms with Gasteiger partial charge in [0.05, 0.1) is 16.8 Å². The van der Waals surface area contributed by atoms with Crippen molar-refractivity contribution >= 4 is 21.6 Å². The fourth-order valence-corrected chi connectivity index (χ4v) is 2.29. The molecule has 15 heavy (non-hydrogen) atoms. The minimum absolute atomic E-state index is 0.866. The number of hydrogen-bond donors (Lipinski definition) is 0. The van der Waals surface area contributed by atoms with Gasteiger partial charge in [0.25, 0.3) is 0 Å². The zero-order valence-corrected chi connectivity index (χ0v) is 10.7. The van der Waals surface area contributed by atoms with E-state index >= 15 is 0 Å². The van der Waals surface area contributed by atoms with Crippen molar-refractivity contribution in [3.05, 3.63) is 22.7 Å². The highest BCUT2D eigenvalue weighted by molar-refractivity contribution is 7.18. The Morgan fingerprint density at radius 3 is 2.47 bits per heavy atom. The predicted molar refractivity (Wildman–Crippen MR) is 67.0 cm³/mol. The Bertz CT molecular complexity index is 448. The van der Waals surface area contributed by atoms with Crippen molar-refractivity contribution in [2.45, 2.75) is 27.7 Å². The van der Waals surface area contributed by atoms with Crippen molar-refractivity contribution in [2.24, 2.45) is 0 Å². The zero-order chi connectivity index (χ0) is 11.4. The van der Waals surface area contributed by atoms with Gasteiger partial charge >= 0.3 is 0 Å². The van der Waals surface area contributed by atoms with Gasteiger partial charge in [-0.15, -0.1) is 11.3 Å². The third-order valence-electron chi connectivity index (χ3n) is 2.03. The molecule has 2 aromatic rings. The molecule has 82 valence electrons. The van der Waals surface area contributed by atoms with E-state index in [4.69, 9.17) is 4.74 Å². The van der Waals surface area contributed by atoms with Crippen LogP contribution in [-0.2, 0) is 0 Å². The average molecular weight is 223 g/mol. The summed E-state index contributed by atoms with van der Waals surface area (Å²) < 4.78 is 6.47. The molecule has 0 bridgehead atoms. The fraction of sp³-hybridized carbons (Fsp3) is 0.417. The normalized spacial score (nSPS) is 9.67. The smallest absolute Gasteiger partial charge is 0.145 e. The Morgan fingerprint density at radius 1 is 1.20 bits per heavy atom. The van der Waals surface area contributed by atoms with Gasteiger partial charge in [0.2, 0.25) is 0 Å². The van der Waals surface area contributed by atoms with E-state index in [0.717, 1.165) is 16.3 Å². The monoisotopic (exact) mass is 223 g/mol. The number of ether oxygens (including phenoxy) is 1. The largest absolute Gasteiger partial charge is 0.494 e. The lowest BCUT2D eigenvalue weighted by Gasteiger charge is -2.01. The first-order valence-electron chi connectivity index (χ1n) is 5.13. The molecule has 0 saturated heterocycles. The molecule has 0 unspecified atom stereocenters. The van der Waals surface area contributed by atoms with E-state index in [2.05, 4.69) is 18.0 Å². The van der Waals surface area contributed by atoms with Crippen LogP contribution >= 0.6 is 11.3 Å². The topological polar surface area (TPSA) is 22.1 Å². The second-order valence-electron chi connectivity index (χ2n) is 3.00. The number of aryl methyl sites for hydroxylation is 2. The van der Waals surface area contributed by atoms with Crippen LogP contribution in [0.25, 0.3) is 10.2 Å². The van der Waals surface area contributed by atoms with Gasteiger partial charge in [-0.1, -0.05) is 19.9 Å². The molecule has 3 heteroatoms. The van der Waals surface area contributed by atoms with Gasteiger partial charge in [-0.25, -0.2) is 4.98 Å². The first-order chi connectivity index (χ1) is 7.22. The molecular formula is C12H17NOS. The molecule has 0 aliphatic rings. The number of thiazole rings is 1. The van der Waals surface area contributed by atoms with E-state index < -0.39 is 0 Å². The number of fused-ring (bicyclic) bond motifs is 1. The molecule has 1 aromatic heterocycles. The molecule has 0 N–H and O–H groups in total. The van der Waals surface area contributed by atoms with E-state index in [1.165, 1.54) is 10.3 Å². The first kappa shape index (κ1) is 12.0. The van der Waals surface area contributed by atoms with Gasteiger partial charge in [0, 0.05) is 0 Å². The molecule has 0 atom stereocenters. The van der Waals surface area contributed by atoms with Crippen LogP contribution in [0.15, 0.2) is 12.1 Å². The number of methoxy groups -OCH3 is 1. The molecule has 0 aliphatic heterocycles. The lowest BCUT2D eigenvalue weighted by atomic mass is 10.2. The SMILES string of the molecule is CC.COc1ccc(C)c2sc(C)nc12. The molecule has 1 aromatic carbocycles. The minimum Gasteiger partial charge on any atom is -0.494 e. The van der Waals surface area contributed by atoms with E-state index in [-0.39, 0.29) is 0 Å². The maximum Gasteiger partial charge on any atom is 0.145 e. The third kappa shape index (κ3) is 2.29. The van der Waals surface area contributed by atoms with Gasteiger partial charge in [0.15, 0.2) is 0 Å². The van der Waals surface area contributed by atoms with Gasteiger partial charge in [0.1, 0.15) is 11.3 Å². The molecule has 1 heterocycles. The second-order valence-corrected chi connectivity index (χ2v) is 4.20. The summed E-state index contributed by atoms with van der Waals surface area (Å²) in [5.41, 5.74) is 2.26. The van der Waals surface area contributed by atoms with Crippen LogP contribution in [0.1, 0.15) is 24.4 Å². The van der Waals surface area contributed by atoms with Gasteiger partial charge in [-0.05, 0) is 25.5 Å². The maximum atomic E-state index is 5.24. The summed E-state index contributed by atoms with van der Waals surface area (Å²) in [4.78, 5) is 4.44.